The fourth-order valence-electron chi connectivity index (χ4n) is 2.09. The SMILES string of the molecule is [CH2]CCCCCCCC#CCCCCCCCC. The van der Waals surface area contributed by atoms with E-state index in [2.05, 4.69) is 25.7 Å². The monoisotopic (exact) mass is 249 g/mol. The van der Waals surface area contributed by atoms with Gasteiger partial charge in [-0.2, -0.15) is 0 Å². The Morgan fingerprint density at radius 3 is 1.56 bits per heavy atom. The molecular formula is C18H33. The van der Waals surface area contributed by atoms with Gasteiger partial charge >= 0.3 is 0 Å². The van der Waals surface area contributed by atoms with E-state index in [0.29, 0.717) is 0 Å². The first kappa shape index (κ1) is 17.6. The fraction of sp³-hybridized carbons (Fsp3) is 0.833. The molecule has 105 valence electrons. The Bertz CT molecular complexity index is 174. The first-order chi connectivity index (χ1) is 8.91. The Hall–Kier alpha value is -0.440. The summed E-state index contributed by atoms with van der Waals surface area (Å²) >= 11 is 0. The standard InChI is InChI=1S/C18H33/c1-3-5-7-9-11-13-15-17-18-16-14-12-10-8-6-4-2/h1,3-16H2,2H3. The summed E-state index contributed by atoms with van der Waals surface area (Å²) in [7, 11) is 0. The highest BCUT2D eigenvalue weighted by Gasteiger charge is 1.89. The highest BCUT2D eigenvalue weighted by Crippen LogP contribution is 2.07. The van der Waals surface area contributed by atoms with Crippen molar-refractivity contribution in [1.82, 2.24) is 0 Å². The number of rotatable bonds is 12. The van der Waals surface area contributed by atoms with Gasteiger partial charge in [0.25, 0.3) is 0 Å². The molecule has 0 heteroatoms. The average Bonchev–Trinajstić information content (AvgIpc) is 2.39. The third-order valence-electron chi connectivity index (χ3n) is 3.33. The van der Waals surface area contributed by atoms with Crippen LogP contribution in [0.4, 0.5) is 0 Å². The van der Waals surface area contributed by atoms with Crippen molar-refractivity contribution < 1.29 is 0 Å². The molecule has 0 bridgehead atoms. The van der Waals surface area contributed by atoms with Gasteiger partial charge in [-0.15, -0.1) is 11.8 Å². The van der Waals surface area contributed by atoms with Gasteiger partial charge in [-0.05, 0) is 12.8 Å². The molecule has 0 fully saturated rings. The van der Waals surface area contributed by atoms with Gasteiger partial charge in [0.05, 0.1) is 0 Å². The van der Waals surface area contributed by atoms with Gasteiger partial charge < -0.3 is 0 Å². The second-order valence-electron chi connectivity index (χ2n) is 5.24. The lowest BCUT2D eigenvalue weighted by Crippen LogP contribution is -1.79. The molecule has 0 aliphatic rings. The lowest BCUT2D eigenvalue weighted by atomic mass is 10.1. The largest absolute Gasteiger partial charge is 0.103 e. The Morgan fingerprint density at radius 2 is 1.06 bits per heavy atom. The lowest BCUT2D eigenvalue weighted by molar-refractivity contribution is 0.613. The second-order valence-corrected chi connectivity index (χ2v) is 5.24. The summed E-state index contributed by atoms with van der Waals surface area (Å²) in [6.07, 6.45) is 18.2. The zero-order valence-electron chi connectivity index (χ0n) is 12.6. The Labute approximate surface area is 116 Å². The maximum absolute atomic E-state index is 3.86. The molecule has 1 radical (unpaired) electrons. The summed E-state index contributed by atoms with van der Waals surface area (Å²) in [6, 6.07) is 0. The van der Waals surface area contributed by atoms with E-state index in [1.807, 2.05) is 0 Å². The van der Waals surface area contributed by atoms with E-state index in [4.69, 9.17) is 0 Å². The number of hydrogen-bond donors (Lipinski definition) is 0. The maximum Gasteiger partial charge on any atom is 0.00886 e. The van der Waals surface area contributed by atoms with Crippen LogP contribution in [0.3, 0.4) is 0 Å². The molecule has 0 saturated heterocycles. The molecule has 0 aromatic carbocycles. The second kappa shape index (κ2) is 16.6. The third-order valence-corrected chi connectivity index (χ3v) is 3.33. The van der Waals surface area contributed by atoms with Crippen LogP contribution in [0.5, 0.6) is 0 Å². The molecule has 0 aliphatic carbocycles. The summed E-state index contributed by atoms with van der Waals surface area (Å²) in [5.74, 6) is 6.63. The van der Waals surface area contributed by atoms with Gasteiger partial charge in [-0.25, -0.2) is 0 Å². The van der Waals surface area contributed by atoms with Gasteiger partial charge in [0.1, 0.15) is 0 Å². The Kier molecular flexibility index (Phi) is 16.2. The van der Waals surface area contributed by atoms with E-state index in [-0.39, 0.29) is 0 Å². The van der Waals surface area contributed by atoms with Gasteiger partial charge in [-0.1, -0.05) is 78.1 Å². The summed E-state index contributed by atoms with van der Waals surface area (Å²) in [6.45, 7) is 6.13. The van der Waals surface area contributed by atoms with E-state index < -0.39 is 0 Å². The zero-order chi connectivity index (χ0) is 13.3. The van der Waals surface area contributed by atoms with E-state index in [9.17, 15) is 0 Å². The van der Waals surface area contributed by atoms with Crippen molar-refractivity contribution in [2.75, 3.05) is 0 Å². The minimum atomic E-state index is 1.10. The Morgan fingerprint density at radius 1 is 0.611 bits per heavy atom. The van der Waals surface area contributed by atoms with Crippen LogP contribution in [-0.4, -0.2) is 0 Å². The summed E-state index contributed by atoms with van der Waals surface area (Å²) in [5.41, 5.74) is 0. The first-order valence-electron chi connectivity index (χ1n) is 8.16. The fourth-order valence-corrected chi connectivity index (χ4v) is 2.09. The minimum absolute atomic E-state index is 1.10. The number of hydrogen-bond acceptors (Lipinski definition) is 0. The number of unbranched alkanes of at least 4 members (excludes halogenated alkanes) is 12. The molecule has 0 atom stereocenters. The van der Waals surface area contributed by atoms with Crippen LogP contribution in [0.25, 0.3) is 0 Å². The highest BCUT2D eigenvalue weighted by molar-refractivity contribution is 4.98. The topological polar surface area (TPSA) is 0 Å². The predicted octanol–water partition coefficient (Wildman–Crippen LogP) is 6.31. The van der Waals surface area contributed by atoms with Crippen molar-refractivity contribution >= 4 is 0 Å². The molecule has 0 N–H and O–H groups in total. The van der Waals surface area contributed by atoms with Crippen LogP contribution < -0.4 is 0 Å². The minimum Gasteiger partial charge on any atom is -0.103 e. The molecule has 0 unspecified atom stereocenters. The van der Waals surface area contributed by atoms with E-state index in [1.165, 1.54) is 70.6 Å². The third kappa shape index (κ3) is 15.6. The molecule has 0 aliphatic heterocycles. The quantitative estimate of drug-likeness (QED) is 0.281. The highest BCUT2D eigenvalue weighted by atomic mass is 13.9. The summed E-state index contributed by atoms with van der Waals surface area (Å²) in [4.78, 5) is 0. The lowest BCUT2D eigenvalue weighted by Gasteiger charge is -1.97. The summed E-state index contributed by atoms with van der Waals surface area (Å²) < 4.78 is 0. The van der Waals surface area contributed by atoms with Crippen LogP contribution in [0.15, 0.2) is 0 Å². The van der Waals surface area contributed by atoms with Crippen LogP contribution in [0.2, 0.25) is 0 Å². The molecular weight excluding hydrogens is 216 g/mol. The molecule has 18 heavy (non-hydrogen) atoms. The van der Waals surface area contributed by atoms with Crippen LogP contribution in [0.1, 0.15) is 96.8 Å². The molecule has 0 amide bonds. The smallest absolute Gasteiger partial charge is 0.00886 e. The van der Waals surface area contributed by atoms with E-state index >= 15 is 0 Å². The molecule has 0 saturated carbocycles. The van der Waals surface area contributed by atoms with E-state index in [1.54, 1.807) is 0 Å². The van der Waals surface area contributed by atoms with Crippen molar-refractivity contribution in [3.8, 4) is 11.8 Å². The van der Waals surface area contributed by atoms with Crippen molar-refractivity contribution in [1.29, 1.82) is 0 Å². The molecule has 0 rings (SSSR count). The predicted molar refractivity (Wildman–Crippen MR) is 83.4 cm³/mol. The normalized spacial score (nSPS) is 10.1. The zero-order valence-corrected chi connectivity index (χ0v) is 12.6. The Balaban J connectivity index is 3.05. The van der Waals surface area contributed by atoms with Crippen molar-refractivity contribution in [2.45, 2.75) is 96.8 Å². The molecule has 0 spiro atoms. The van der Waals surface area contributed by atoms with Gasteiger partial charge in [0.15, 0.2) is 0 Å². The van der Waals surface area contributed by atoms with Crippen LogP contribution in [0, 0.1) is 18.8 Å². The van der Waals surface area contributed by atoms with Gasteiger partial charge in [0.2, 0.25) is 0 Å². The average molecular weight is 249 g/mol. The van der Waals surface area contributed by atoms with Crippen molar-refractivity contribution in [3.63, 3.8) is 0 Å². The molecule has 0 nitrogen and oxygen atoms in total. The van der Waals surface area contributed by atoms with Crippen LogP contribution >= 0.6 is 0 Å². The molecule has 0 heterocycles. The summed E-state index contributed by atoms with van der Waals surface area (Å²) in [5, 5.41) is 0. The van der Waals surface area contributed by atoms with Gasteiger partial charge in [0, 0.05) is 12.8 Å². The van der Waals surface area contributed by atoms with E-state index in [0.717, 1.165) is 19.3 Å². The van der Waals surface area contributed by atoms with Crippen molar-refractivity contribution in [3.05, 3.63) is 6.92 Å². The maximum atomic E-state index is 3.86. The first-order valence-corrected chi connectivity index (χ1v) is 8.16. The van der Waals surface area contributed by atoms with Crippen LogP contribution in [-0.2, 0) is 0 Å². The van der Waals surface area contributed by atoms with Gasteiger partial charge in [-0.3, -0.25) is 0 Å². The van der Waals surface area contributed by atoms with Crippen molar-refractivity contribution in [2.24, 2.45) is 0 Å². The molecule has 0 aromatic rings. The molecule has 0 aromatic heterocycles.